The molecule has 1 fully saturated rings. The lowest BCUT2D eigenvalue weighted by Gasteiger charge is -2.12. The van der Waals surface area contributed by atoms with Crippen LogP contribution in [0.5, 0.6) is 0 Å². The molecule has 0 aromatic carbocycles. The third-order valence-corrected chi connectivity index (χ3v) is 1.91. The van der Waals surface area contributed by atoms with E-state index in [0.717, 1.165) is 0 Å². The molecule has 0 aromatic heterocycles. The summed E-state index contributed by atoms with van der Waals surface area (Å²) >= 11 is 7.71. The Labute approximate surface area is 91.5 Å². The molecule has 0 atom stereocenters. The van der Waals surface area contributed by atoms with Gasteiger partial charge in [0.25, 0.3) is 11.8 Å². The minimum atomic E-state index is -0.691. The molecule has 0 aliphatic carbocycles. The molecule has 0 saturated carbocycles. The van der Waals surface area contributed by atoms with Crippen LogP contribution in [0.4, 0.5) is 0 Å². The van der Waals surface area contributed by atoms with Gasteiger partial charge in [-0.15, -0.1) is 5.06 Å². The number of thiol groups is 2. The summed E-state index contributed by atoms with van der Waals surface area (Å²) in [7, 11) is 0. The molecular formula is C7H9NO4S2. The van der Waals surface area contributed by atoms with E-state index in [4.69, 9.17) is 0 Å². The predicted molar refractivity (Wildman–Crippen MR) is 53.6 cm³/mol. The first kappa shape index (κ1) is 11.4. The number of hydroxylamine groups is 2. The second-order valence-corrected chi connectivity index (χ2v) is 4.38. The largest absolute Gasteiger partial charge is 0.335 e. The van der Waals surface area contributed by atoms with Gasteiger partial charge in [-0.1, -0.05) is 0 Å². The van der Waals surface area contributed by atoms with Crippen LogP contribution < -0.4 is 0 Å². The van der Waals surface area contributed by atoms with E-state index in [0.29, 0.717) is 5.06 Å². The molecule has 1 saturated heterocycles. The van der Waals surface area contributed by atoms with Gasteiger partial charge in [0.15, 0.2) is 0 Å². The van der Waals surface area contributed by atoms with Crippen molar-refractivity contribution < 1.29 is 19.2 Å². The number of hydrogen-bond donors (Lipinski definition) is 2. The van der Waals surface area contributed by atoms with Gasteiger partial charge in [-0.05, 0) is 0 Å². The van der Waals surface area contributed by atoms with Gasteiger partial charge >= 0.3 is 5.97 Å². The Morgan fingerprint density at radius 1 is 1.36 bits per heavy atom. The zero-order valence-corrected chi connectivity index (χ0v) is 8.96. The SMILES string of the molecule is O=C(CC(S)S)ON1C(=O)CCC1=O. The maximum atomic E-state index is 11.0. The van der Waals surface area contributed by atoms with Gasteiger partial charge in [0.1, 0.15) is 0 Å². The van der Waals surface area contributed by atoms with Gasteiger partial charge in [-0.3, -0.25) is 9.59 Å². The Morgan fingerprint density at radius 2 is 1.86 bits per heavy atom. The molecule has 0 unspecified atom stereocenters. The van der Waals surface area contributed by atoms with Crippen LogP contribution in [0.1, 0.15) is 19.3 Å². The molecule has 2 amide bonds. The van der Waals surface area contributed by atoms with E-state index < -0.39 is 22.4 Å². The summed E-state index contributed by atoms with van der Waals surface area (Å²) in [6.45, 7) is 0. The fourth-order valence-corrected chi connectivity index (χ4v) is 1.24. The first-order valence-corrected chi connectivity index (χ1v) is 4.96. The normalized spacial score (nSPS) is 16.6. The van der Waals surface area contributed by atoms with E-state index in [1.54, 1.807) is 0 Å². The summed E-state index contributed by atoms with van der Waals surface area (Å²) < 4.78 is -0.463. The van der Waals surface area contributed by atoms with Crippen LogP contribution in [0.3, 0.4) is 0 Å². The summed E-state index contributed by atoms with van der Waals surface area (Å²) in [6, 6.07) is 0. The average molecular weight is 235 g/mol. The molecule has 78 valence electrons. The van der Waals surface area contributed by atoms with Crippen LogP contribution in [0, 0.1) is 0 Å². The van der Waals surface area contributed by atoms with Gasteiger partial charge in [0.05, 0.1) is 11.0 Å². The summed E-state index contributed by atoms with van der Waals surface area (Å²) in [5.74, 6) is -1.67. The van der Waals surface area contributed by atoms with Crippen molar-refractivity contribution in [3.8, 4) is 0 Å². The van der Waals surface area contributed by atoms with Crippen LogP contribution in [0.25, 0.3) is 0 Å². The van der Waals surface area contributed by atoms with E-state index in [1.807, 2.05) is 0 Å². The summed E-state index contributed by atoms with van der Waals surface area (Å²) in [6.07, 6.45) is 0.123. The molecule has 1 heterocycles. The molecule has 7 heteroatoms. The van der Waals surface area contributed by atoms with E-state index in [-0.39, 0.29) is 19.3 Å². The molecule has 0 radical (unpaired) electrons. The third kappa shape index (κ3) is 2.91. The maximum absolute atomic E-state index is 11.0. The second kappa shape index (κ2) is 4.70. The first-order valence-electron chi connectivity index (χ1n) is 3.93. The number of nitrogens with zero attached hydrogens (tertiary/aromatic N) is 1. The first-order chi connectivity index (χ1) is 6.50. The summed E-state index contributed by atoms with van der Waals surface area (Å²) in [5.41, 5.74) is 0. The molecule has 0 spiro atoms. The highest BCUT2D eigenvalue weighted by Crippen LogP contribution is 2.14. The molecule has 14 heavy (non-hydrogen) atoms. The molecular weight excluding hydrogens is 226 g/mol. The Kier molecular flexibility index (Phi) is 3.82. The fraction of sp³-hybridized carbons (Fsp3) is 0.571. The Morgan fingerprint density at radius 3 is 2.29 bits per heavy atom. The molecule has 0 bridgehead atoms. The molecule has 1 aliphatic heterocycles. The smallest absolute Gasteiger partial charge is 0.330 e. The topological polar surface area (TPSA) is 63.7 Å². The van der Waals surface area contributed by atoms with Crippen molar-refractivity contribution in [1.29, 1.82) is 0 Å². The van der Waals surface area contributed by atoms with Gasteiger partial charge in [-0.25, -0.2) is 4.79 Å². The maximum Gasteiger partial charge on any atom is 0.335 e. The minimum absolute atomic E-state index is 0.0662. The predicted octanol–water partition coefficient (Wildman–Crippen LogP) is 0.169. The van der Waals surface area contributed by atoms with Crippen molar-refractivity contribution in [3.05, 3.63) is 0 Å². The minimum Gasteiger partial charge on any atom is -0.330 e. The zero-order valence-electron chi connectivity index (χ0n) is 7.17. The lowest BCUT2D eigenvalue weighted by Crippen LogP contribution is -2.32. The van der Waals surface area contributed by atoms with Crippen LogP contribution in [-0.2, 0) is 19.2 Å². The number of imide groups is 1. The van der Waals surface area contributed by atoms with Crippen molar-refractivity contribution in [2.45, 2.75) is 23.8 Å². The highest BCUT2D eigenvalue weighted by Gasteiger charge is 2.32. The van der Waals surface area contributed by atoms with Gasteiger partial charge in [0.2, 0.25) is 0 Å². The van der Waals surface area contributed by atoms with E-state index in [1.165, 1.54) is 0 Å². The summed E-state index contributed by atoms with van der Waals surface area (Å²) in [4.78, 5) is 37.6. The van der Waals surface area contributed by atoms with Crippen molar-refractivity contribution >= 4 is 43.0 Å². The highest BCUT2D eigenvalue weighted by molar-refractivity contribution is 7.99. The average Bonchev–Trinajstić information content (AvgIpc) is 2.34. The second-order valence-electron chi connectivity index (χ2n) is 2.73. The highest BCUT2D eigenvalue weighted by atomic mass is 32.2. The van der Waals surface area contributed by atoms with Crippen molar-refractivity contribution in [2.75, 3.05) is 0 Å². The standard InChI is InChI=1S/C7H9NO4S2/c9-4-1-2-5(10)8(4)12-6(11)3-7(13)14/h7,13-14H,1-3H2. The van der Waals surface area contributed by atoms with Crippen LogP contribution in [0.2, 0.25) is 0 Å². The Bertz CT molecular complexity index is 263. The molecule has 0 aromatic rings. The molecule has 0 N–H and O–H groups in total. The molecule has 1 aliphatic rings. The number of carbonyl (C=O) groups is 3. The lowest BCUT2D eigenvalue weighted by molar-refractivity contribution is -0.197. The Hall–Kier alpha value is -0.690. The van der Waals surface area contributed by atoms with Crippen molar-refractivity contribution in [3.63, 3.8) is 0 Å². The molecule has 5 nitrogen and oxygen atoms in total. The van der Waals surface area contributed by atoms with E-state index in [2.05, 4.69) is 30.1 Å². The summed E-state index contributed by atoms with van der Waals surface area (Å²) in [5, 5.41) is 0.506. The monoisotopic (exact) mass is 235 g/mol. The number of rotatable bonds is 3. The fourth-order valence-electron chi connectivity index (χ4n) is 0.946. The van der Waals surface area contributed by atoms with Gasteiger partial charge in [-0.2, -0.15) is 25.3 Å². The number of carbonyl (C=O) groups excluding carboxylic acids is 3. The van der Waals surface area contributed by atoms with E-state index in [9.17, 15) is 14.4 Å². The van der Waals surface area contributed by atoms with Crippen LogP contribution in [-0.4, -0.2) is 27.4 Å². The van der Waals surface area contributed by atoms with Crippen molar-refractivity contribution in [1.82, 2.24) is 5.06 Å². The van der Waals surface area contributed by atoms with Crippen LogP contribution >= 0.6 is 25.3 Å². The number of hydrogen-bond acceptors (Lipinski definition) is 6. The lowest BCUT2D eigenvalue weighted by atomic mass is 10.4. The van der Waals surface area contributed by atoms with Gasteiger partial charge < -0.3 is 4.84 Å². The van der Waals surface area contributed by atoms with Gasteiger partial charge in [0, 0.05) is 12.8 Å². The van der Waals surface area contributed by atoms with Crippen molar-refractivity contribution in [2.24, 2.45) is 0 Å². The zero-order chi connectivity index (χ0) is 10.7. The molecule has 1 rings (SSSR count). The Balaban J connectivity index is 2.47. The van der Waals surface area contributed by atoms with Crippen LogP contribution in [0.15, 0.2) is 0 Å². The quantitative estimate of drug-likeness (QED) is 0.416. The third-order valence-electron chi connectivity index (χ3n) is 1.55. The van der Waals surface area contributed by atoms with E-state index >= 15 is 0 Å². The number of amides is 2.